The number of rotatable bonds is 8. The molecular formula is C19H20O5. The molecule has 0 unspecified atom stereocenters. The number of benzene rings is 1. The van der Waals surface area contributed by atoms with Crippen molar-refractivity contribution in [3.8, 4) is 5.75 Å². The average molecular weight is 328 g/mol. The molecule has 126 valence electrons. The predicted molar refractivity (Wildman–Crippen MR) is 89.6 cm³/mol. The SMILES string of the molecule is C=C/C(=C\C1=C(C)OCO1)C(=O)CCC(=O)c1ccccc1OC. The largest absolute Gasteiger partial charge is 0.496 e. The number of hydrogen-bond acceptors (Lipinski definition) is 5. The summed E-state index contributed by atoms with van der Waals surface area (Å²) in [5.74, 6) is 1.32. The molecule has 0 saturated carbocycles. The average Bonchev–Trinajstić information content (AvgIpc) is 3.01. The van der Waals surface area contributed by atoms with Crippen molar-refractivity contribution in [3.05, 3.63) is 65.7 Å². The van der Waals surface area contributed by atoms with E-state index >= 15 is 0 Å². The van der Waals surface area contributed by atoms with Crippen molar-refractivity contribution < 1.29 is 23.8 Å². The highest BCUT2D eigenvalue weighted by atomic mass is 16.7. The van der Waals surface area contributed by atoms with Gasteiger partial charge in [0.2, 0.25) is 6.79 Å². The summed E-state index contributed by atoms with van der Waals surface area (Å²) in [6.07, 6.45) is 3.23. The minimum Gasteiger partial charge on any atom is -0.496 e. The van der Waals surface area contributed by atoms with E-state index in [0.29, 0.717) is 28.4 Å². The zero-order valence-electron chi connectivity index (χ0n) is 13.8. The molecule has 2 rings (SSSR count). The number of carbonyl (C=O) groups is 2. The molecule has 24 heavy (non-hydrogen) atoms. The first-order valence-corrected chi connectivity index (χ1v) is 7.56. The molecule has 0 fully saturated rings. The predicted octanol–water partition coefficient (Wildman–Crippen LogP) is 3.58. The van der Waals surface area contributed by atoms with Crippen LogP contribution in [0, 0.1) is 0 Å². The summed E-state index contributed by atoms with van der Waals surface area (Å²) < 4.78 is 15.6. The third-order valence-corrected chi connectivity index (χ3v) is 3.65. The van der Waals surface area contributed by atoms with Crippen molar-refractivity contribution in [2.24, 2.45) is 0 Å². The van der Waals surface area contributed by atoms with Crippen LogP contribution in [0.5, 0.6) is 5.75 Å². The Balaban J connectivity index is 2.03. The third kappa shape index (κ3) is 4.13. The van der Waals surface area contributed by atoms with E-state index < -0.39 is 0 Å². The van der Waals surface area contributed by atoms with Gasteiger partial charge in [-0.05, 0) is 25.1 Å². The van der Waals surface area contributed by atoms with Crippen LogP contribution in [-0.4, -0.2) is 25.5 Å². The Bertz CT molecular complexity index is 712. The van der Waals surface area contributed by atoms with Crippen molar-refractivity contribution in [2.75, 3.05) is 13.9 Å². The van der Waals surface area contributed by atoms with Crippen molar-refractivity contribution in [2.45, 2.75) is 19.8 Å². The van der Waals surface area contributed by atoms with Crippen LogP contribution in [-0.2, 0) is 14.3 Å². The van der Waals surface area contributed by atoms with Crippen LogP contribution in [0.15, 0.2) is 60.1 Å². The third-order valence-electron chi connectivity index (χ3n) is 3.65. The number of Topliss-reactive ketones (excluding diaryl/α,β-unsaturated/α-hetero) is 2. The lowest BCUT2D eigenvalue weighted by molar-refractivity contribution is -0.115. The molecule has 0 bridgehead atoms. The summed E-state index contributed by atoms with van der Waals surface area (Å²) in [6.45, 7) is 5.55. The molecule has 5 heteroatoms. The number of allylic oxidation sites excluding steroid dienone is 4. The van der Waals surface area contributed by atoms with Gasteiger partial charge in [-0.1, -0.05) is 24.8 Å². The highest BCUT2D eigenvalue weighted by molar-refractivity contribution is 6.04. The molecule has 1 aliphatic rings. The fourth-order valence-corrected chi connectivity index (χ4v) is 2.27. The van der Waals surface area contributed by atoms with Gasteiger partial charge in [-0.15, -0.1) is 0 Å². The monoisotopic (exact) mass is 328 g/mol. The van der Waals surface area contributed by atoms with Crippen LogP contribution >= 0.6 is 0 Å². The van der Waals surface area contributed by atoms with Crippen LogP contribution < -0.4 is 4.74 Å². The van der Waals surface area contributed by atoms with Gasteiger partial charge in [0.25, 0.3) is 0 Å². The summed E-state index contributed by atoms with van der Waals surface area (Å²) >= 11 is 0. The number of methoxy groups -OCH3 is 1. The molecule has 1 aromatic rings. The Hall–Kier alpha value is -2.82. The molecule has 0 aliphatic carbocycles. The molecular weight excluding hydrogens is 308 g/mol. The van der Waals surface area contributed by atoms with Gasteiger partial charge in [-0.2, -0.15) is 0 Å². The number of ketones is 2. The molecule has 0 amide bonds. The van der Waals surface area contributed by atoms with Gasteiger partial charge in [0, 0.05) is 18.4 Å². The molecule has 0 atom stereocenters. The van der Waals surface area contributed by atoms with E-state index in [1.165, 1.54) is 13.2 Å². The van der Waals surface area contributed by atoms with Crippen molar-refractivity contribution in [3.63, 3.8) is 0 Å². The van der Waals surface area contributed by atoms with E-state index in [0.717, 1.165) is 0 Å². The summed E-state index contributed by atoms with van der Waals surface area (Å²) in [5.41, 5.74) is 0.866. The van der Waals surface area contributed by atoms with Crippen molar-refractivity contribution in [1.29, 1.82) is 0 Å². The summed E-state index contributed by atoms with van der Waals surface area (Å²) in [6, 6.07) is 6.96. The zero-order valence-corrected chi connectivity index (χ0v) is 13.8. The van der Waals surface area contributed by atoms with E-state index in [2.05, 4.69) is 6.58 Å². The molecule has 0 aromatic heterocycles. The van der Waals surface area contributed by atoms with Gasteiger partial charge in [0.1, 0.15) is 11.5 Å². The van der Waals surface area contributed by atoms with Gasteiger partial charge in [0.05, 0.1) is 12.7 Å². The minimum atomic E-state index is -0.177. The quantitative estimate of drug-likeness (QED) is 0.415. The van der Waals surface area contributed by atoms with Gasteiger partial charge in [-0.3, -0.25) is 9.59 Å². The van der Waals surface area contributed by atoms with Crippen LogP contribution in [0.2, 0.25) is 0 Å². The van der Waals surface area contributed by atoms with Crippen LogP contribution in [0.3, 0.4) is 0 Å². The second-order valence-electron chi connectivity index (χ2n) is 5.18. The Kier molecular flexibility index (Phi) is 5.95. The standard InChI is InChI=1S/C19H20O5/c1-4-14(11-19-13(2)23-12-24-19)16(20)9-10-17(21)15-7-5-6-8-18(15)22-3/h4-8,11H,1,9-10,12H2,2-3H3/b14-11+. The maximum atomic E-state index is 12.3. The molecule has 1 aromatic carbocycles. The number of para-hydroxylation sites is 1. The lowest BCUT2D eigenvalue weighted by Gasteiger charge is -2.07. The Morgan fingerprint density at radius 2 is 2.00 bits per heavy atom. The zero-order chi connectivity index (χ0) is 17.5. The van der Waals surface area contributed by atoms with E-state index in [1.807, 2.05) is 0 Å². The van der Waals surface area contributed by atoms with E-state index in [4.69, 9.17) is 14.2 Å². The van der Waals surface area contributed by atoms with Gasteiger partial charge in [-0.25, -0.2) is 0 Å². The van der Waals surface area contributed by atoms with Crippen LogP contribution in [0.4, 0.5) is 0 Å². The van der Waals surface area contributed by atoms with Crippen LogP contribution in [0.25, 0.3) is 0 Å². The van der Waals surface area contributed by atoms with Gasteiger partial charge >= 0.3 is 0 Å². The molecule has 0 saturated heterocycles. The normalized spacial score (nSPS) is 14.0. The maximum absolute atomic E-state index is 12.3. The molecule has 0 radical (unpaired) electrons. The molecule has 1 heterocycles. The summed E-state index contributed by atoms with van der Waals surface area (Å²) in [7, 11) is 1.51. The second kappa shape index (κ2) is 8.15. The fourth-order valence-electron chi connectivity index (χ4n) is 2.27. The summed E-state index contributed by atoms with van der Waals surface area (Å²) in [4.78, 5) is 24.6. The molecule has 0 spiro atoms. The molecule has 1 aliphatic heterocycles. The van der Waals surface area contributed by atoms with Gasteiger partial charge in [0.15, 0.2) is 17.3 Å². The smallest absolute Gasteiger partial charge is 0.230 e. The first-order chi connectivity index (χ1) is 11.6. The fraction of sp³-hybridized carbons (Fsp3) is 0.263. The topological polar surface area (TPSA) is 61.8 Å². The maximum Gasteiger partial charge on any atom is 0.230 e. The first-order valence-electron chi connectivity index (χ1n) is 7.56. The minimum absolute atomic E-state index is 0.0852. The first kappa shape index (κ1) is 17.5. The number of ether oxygens (including phenoxy) is 3. The molecule has 0 N–H and O–H groups in total. The Morgan fingerprint density at radius 1 is 1.25 bits per heavy atom. The Morgan fingerprint density at radius 3 is 2.62 bits per heavy atom. The molecule has 5 nitrogen and oxygen atoms in total. The lowest BCUT2D eigenvalue weighted by Crippen LogP contribution is -2.07. The Labute approximate surface area is 141 Å². The number of hydrogen-bond donors (Lipinski definition) is 0. The second-order valence-corrected chi connectivity index (χ2v) is 5.18. The van der Waals surface area contributed by atoms with Crippen molar-refractivity contribution in [1.82, 2.24) is 0 Å². The van der Waals surface area contributed by atoms with E-state index in [1.54, 1.807) is 37.3 Å². The van der Waals surface area contributed by atoms with Gasteiger partial charge < -0.3 is 14.2 Å². The highest BCUT2D eigenvalue weighted by Crippen LogP contribution is 2.22. The highest BCUT2D eigenvalue weighted by Gasteiger charge is 2.17. The summed E-state index contributed by atoms with van der Waals surface area (Å²) in [5, 5.41) is 0. The van der Waals surface area contributed by atoms with Crippen LogP contribution in [0.1, 0.15) is 30.1 Å². The lowest BCUT2D eigenvalue weighted by atomic mass is 10.0. The van der Waals surface area contributed by atoms with E-state index in [-0.39, 0.29) is 31.2 Å². The van der Waals surface area contributed by atoms with E-state index in [9.17, 15) is 9.59 Å². The van der Waals surface area contributed by atoms with Crippen molar-refractivity contribution >= 4 is 11.6 Å². The number of carbonyl (C=O) groups excluding carboxylic acids is 2.